The minimum Gasteiger partial charge on any atom is -0.356 e. The van der Waals surface area contributed by atoms with Gasteiger partial charge < -0.3 is 10.6 Å². The molecule has 7 heteroatoms. The number of imide groups is 1. The SMILES string of the molecule is CC(=O)NCCc1ccc(C(=O)CN2C(=O)NC3(CCCC3)C2=O)cc1. The average Bonchev–Trinajstić information content (AvgIpc) is 3.16. The Morgan fingerprint density at radius 2 is 1.81 bits per heavy atom. The first-order valence-corrected chi connectivity index (χ1v) is 8.92. The molecule has 4 amide bonds. The lowest BCUT2D eigenvalue weighted by molar-refractivity contribution is -0.130. The maximum Gasteiger partial charge on any atom is 0.325 e. The molecule has 2 aliphatic rings. The van der Waals surface area contributed by atoms with E-state index in [1.807, 2.05) is 12.1 Å². The van der Waals surface area contributed by atoms with Crippen LogP contribution in [0.25, 0.3) is 0 Å². The summed E-state index contributed by atoms with van der Waals surface area (Å²) < 4.78 is 0. The van der Waals surface area contributed by atoms with Crippen LogP contribution in [0.15, 0.2) is 24.3 Å². The minimum absolute atomic E-state index is 0.0783. The maximum absolute atomic E-state index is 12.6. The van der Waals surface area contributed by atoms with Gasteiger partial charge in [-0.2, -0.15) is 0 Å². The number of benzene rings is 1. The summed E-state index contributed by atoms with van der Waals surface area (Å²) in [5.41, 5.74) is 0.668. The van der Waals surface area contributed by atoms with Crippen LogP contribution in [-0.4, -0.2) is 47.2 Å². The van der Waals surface area contributed by atoms with E-state index in [-0.39, 0.29) is 24.1 Å². The van der Waals surface area contributed by atoms with Gasteiger partial charge in [-0.05, 0) is 24.8 Å². The highest BCUT2D eigenvalue weighted by molar-refractivity contribution is 6.11. The number of carbonyl (C=O) groups is 4. The Hall–Kier alpha value is -2.70. The topological polar surface area (TPSA) is 95.6 Å². The van der Waals surface area contributed by atoms with Crippen molar-refractivity contribution < 1.29 is 19.2 Å². The van der Waals surface area contributed by atoms with Gasteiger partial charge in [0.05, 0.1) is 6.54 Å². The van der Waals surface area contributed by atoms with Gasteiger partial charge in [-0.1, -0.05) is 37.1 Å². The fourth-order valence-corrected chi connectivity index (χ4v) is 3.61. The largest absolute Gasteiger partial charge is 0.356 e. The molecular weight excluding hydrogens is 334 g/mol. The van der Waals surface area contributed by atoms with Gasteiger partial charge in [-0.3, -0.25) is 19.3 Å². The number of carbonyl (C=O) groups excluding carboxylic acids is 4. The minimum atomic E-state index is -0.787. The highest BCUT2D eigenvalue weighted by atomic mass is 16.2. The van der Waals surface area contributed by atoms with Crippen LogP contribution in [0.1, 0.15) is 48.5 Å². The highest BCUT2D eigenvalue weighted by Crippen LogP contribution is 2.35. The summed E-state index contributed by atoms with van der Waals surface area (Å²) >= 11 is 0. The lowest BCUT2D eigenvalue weighted by Gasteiger charge is -2.19. The van der Waals surface area contributed by atoms with E-state index in [9.17, 15) is 19.2 Å². The Balaban J connectivity index is 1.60. The Morgan fingerprint density at radius 1 is 1.15 bits per heavy atom. The number of urea groups is 1. The molecule has 2 N–H and O–H groups in total. The highest BCUT2D eigenvalue weighted by Gasteiger charge is 2.52. The standard InChI is InChI=1S/C19H23N3O4/c1-13(23)20-11-8-14-4-6-15(7-5-14)16(24)12-22-17(25)19(21-18(22)26)9-2-3-10-19/h4-7H,2-3,8-12H2,1H3,(H,20,23)(H,21,26). The second-order valence-corrected chi connectivity index (χ2v) is 6.96. The number of amides is 4. The summed E-state index contributed by atoms with van der Waals surface area (Å²) in [5, 5.41) is 5.50. The fraction of sp³-hybridized carbons (Fsp3) is 0.474. The molecular formula is C19H23N3O4. The third-order valence-electron chi connectivity index (χ3n) is 5.07. The summed E-state index contributed by atoms with van der Waals surface area (Å²) in [6, 6.07) is 6.54. The van der Waals surface area contributed by atoms with Gasteiger partial charge in [0.25, 0.3) is 5.91 Å². The van der Waals surface area contributed by atoms with Crippen molar-refractivity contribution in [2.75, 3.05) is 13.1 Å². The van der Waals surface area contributed by atoms with E-state index in [1.165, 1.54) is 6.92 Å². The van der Waals surface area contributed by atoms with Gasteiger partial charge in [0.15, 0.2) is 5.78 Å². The number of hydrogen-bond donors (Lipinski definition) is 2. The van der Waals surface area contributed by atoms with Gasteiger partial charge in [0.2, 0.25) is 5.91 Å². The Kier molecular flexibility index (Phi) is 5.06. The van der Waals surface area contributed by atoms with Gasteiger partial charge in [-0.15, -0.1) is 0 Å². The number of Topliss-reactive ketones (excluding diaryl/α,β-unsaturated/α-hetero) is 1. The van der Waals surface area contributed by atoms with Crippen LogP contribution < -0.4 is 10.6 Å². The summed E-state index contributed by atoms with van der Waals surface area (Å²) in [5.74, 6) is -0.623. The van der Waals surface area contributed by atoms with E-state index in [0.717, 1.165) is 23.3 Å². The average molecular weight is 357 g/mol. The molecule has 1 saturated carbocycles. The fourth-order valence-electron chi connectivity index (χ4n) is 3.61. The zero-order chi connectivity index (χ0) is 18.7. The van der Waals surface area contributed by atoms with Crippen LogP contribution in [0.2, 0.25) is 0 Å². The zero-order valence-corrected chi connectivity index (χ0v) is 14.8. The predicted octanol–water partition coefficient (Wildman–Crippen LogP) is 1.41. The molecule has 3 rings (SSSR count). The van der Waals surface area contributed by atoms with Crippen molar-refractivity contribution in [3.05, 3.63) is 35.4 Å². The lowest BCUT2D eigenvalue weighted by atomic mass is 9.98. The van der Waals surface area contributed by atoms with E-state index in [4.69, 9.17) is 0 Å². The summed E-state index contributed by atoms with van der Waals surface area (Å²) in [7, 11) is 0. The third-order valence-corrected chi connectivity index (χ3v) is 5.07. The number of ketones is 1. The van der Waals surface area contributed by atoms with Gasteiger partial charge in [0.1, 0.15) is 5.54 Å². The lowest BCUT2D eigenvalue weighted by Crippen LogP contribution is -2.44. The molecule has 138 valence electrons. The second-order valence-electron chi connectivity index (χ2n) is 6.96. The van der Waals surface area contributed by atoms with Crippen LogP contribution in [0, 0.1) is 0 Å². The molecule has 0 aromatic heterocycles. The first-order valence-electron chi connectivity index (χ1n) is 8.92. The summed E-state index contributed by atoms with van der Waals surface area (Å²) in [6.07, 6.45) is 3.78. The van der Waals surface area contributed by atoms with Crippen molar-refractivity contribution in [3.63, 3.8) is 0 Å². The van der Waals surface area contributed by atoms with Gasteiger partial charge in [0, 0.05) is 19.0 Å². The molecule has 1 aromatic rings. The van der Waals surface area contributed by atoms with Crippen molar-refractivity contribution >= 4 is 23.6 Å². The quantitative estimate of drug-likeness (QED) is 0.594. The molecule has 1 aliphatic heterocycles. The summed E-state index contributed by atoms with van der Waals surface area (Å²) in [6.45, 7) is 1.76. The van der Waals surface area contributed by atoms with Crippen molar-refractivity contribution in [2.45, 2.75) is 44.6 Å². The number of rotatable bonds is 6. The van der Waals surface area contributed by atoms with Crippen LogP contribution in [0.5, 0.6) is 0 Å². The predicted molar refractivity (Wildman–Crippen MR) is 94.6 cm³/mol. The van der Waals surface area contributed by atoms with Crippen LogP contribution in [0.3, 0.4) is 0 Å². The molecule has 7 nitrogen and oxygen atoms in total. The molecule has 2 fully saturated rings. The Morgan fingerprint density at radius 3 is 2.42 bits per heavy atom. The van der Waals surface area contributed by atoms with Crippen LogP contribution >= 0.6 is 0 Å². The van der Waals surface area contributed by atoms with Crippen molar-refractivity contribution in [3.8, 4) is 0 Å². The Bertz CT molecular complexity index is 736. The number of nitrogens with zero attached hydrogens (tertiary/aromatic N) is 1. The monoisotopic (exact) mass is 357 g/mol. The van der Waals surface area contributed by atoms with Gasteiger partial charge >= 0.3 is 6.03 Å². The van der Waals surface area contributed by atoms with Crippen molar-refractivity contribution in [2.24, 2.45) is 0 Å². The molecule has 1 spiro atoms. The first kappa shape index (κ1) is 18.1. The number of hydrogen-bond acceptors (Lipinski definition) is 4. The van der Waals surface area contributed by atoms with Crippen molar-refractivity contribution in [1.29, 1.82) is 0 Å². The third kappa shape index (κ3) is 3.61. The van der Waals surface area contributed by atoms with E-state index >= 15 is 0 Å². The number of nitrogens with one attached hydrogen (secondary N) is 2. The van der Waals surface area contributed by atoms with Gasteiger partial charge in [-0.25, -0.2) is 4.79 Å². The summed E-state index contributed by atoms with van der Waals surface area (Å²) in [4.78, 5) is 49.1. The van der Waals surface area contributed by atoms with Crippen LogP contribution in [0.4, 0.5) is 4.79 Å². The molecule has 1 heterocycles. The zero-order valence-electron chi connectivity index (χ0n) is 14.8. The smallest absolute Gasteiger partial charge is 0.325 e. The molecule has 0 unspecified atom stereocenters. The van der Waals surface area contributed by atoms with E-state index in [2.05, 4.69) is 10.6 Å². The molecule has 0 bridgehead atoms. The first-order chi connectivity index (χ1) is 12.4. The molecule has 1 aromatic carbocycles. The molecule has 0 atom stereocenters. The molecule has 1 saturated heterocycles. The van der Waals surface area contributed by atoms with E-state index in [0.29, 0.717) is 31.4 Å². The van der Waals surface area contributed by atoms with Crippen molar-refractivity contribution in [1.82, 2.24) is 15.5 Å². The Labute approximate surface area is 152 Å². The second kappa shape index (κ2) is 7.27. The molecule has 26 heavy (non-hydrogen) atoms. The van der Waals surface area contributed by atoms with Crippen LogP contribution in [-0.2, 0) is 16.0 Å². The maximum atomic E-state index is 12.6. The molecule has 0 radical (unpaired) electrons. The normalized spacial score (nSPS) is 18.3. The molecule has 1 aliphatic carbocycles. The van der Waals surface area contributed by atoms with E-state index in [1.54, 1.807) is 12.1 Å². The van der Waals surface area contributed by atoms with E-state index < -0.39 is 11.6 Å².